The number of fused-ring (bicyclic) bond motifs is 2. The van der Waals surface area contributed by atoms with Gasteiger partial charge in [-0.25, -0.2) is 4.98 Å². The number of benzene rings is 3. The molecule has 0 spiro atoms. The first-order valence-corrected chi connectivity index (χ1v) is 7.78. The van der Waals surface area contributed by atoms with Crippen molar-refractivity contribution in [3.8, 4) is 10.6 Å². The lowest BCUT2D eigenvalue weighted by Gasteiger charge is -2.04. The first-order valence-electron chi connectivity index (χ1n) is 6.96. The van der Waals surface area contributed by atoms with E-state index >= 15 is 0 Å². The summed E-state index contributed by atoms with van der Waals surface area (Å²) in [7, 11) is -1.44. The van der Waals surface area contributed by atoms with E-state index < -0.39 is 7.12 Å². The zero-order chi connectivity index (χ0) is 15.1. The van der Waals surface area contributed by atoms with Gasteiger partial charge in [0.05, 0.1) is 10.2 Å². The average Bonchev–Trinajstić information content (AvgIpc) is 2.97. The quantitative estimate of drug-likeness (QED) is 0.560. The van der Waals surface area contributed by atoms with Gasteiger partial charge in [0.1, 0.15) is 5.01 Å². The molecule has 4 rings (SSSR count). The molecule has 1 aromatic heterocycles. The van der Waals surface area contributed by atoms with Crippen molar-refractivity contribution >= 4 is 44.9 Å². The summed E-state index contributed by atoms with van der Waals surface area (Å²) >= 11 is 1.68. The minimum atomic E-state index is -1.44. The van der Waals surface area contributed by atoms with Crippen molar-refractivity contribution in [1.29, 1.82) is 0 Å². The Morgan fingerprint density at radius 1 is 0.864 bits per heavy atom. The summed E-state index contributed by atoms with van der Waals surface area (Å²) in [5.41, 5.74) is 2.59. The third kappa shape index (κ3) is 2.29. The van der Waals surface area contributed by atoms with Crippen LogP contribution in [0.5, 0.6) is 0 Å². The van der Waals surface area contributed by atoms with Crippen LogP contribution in [0.3, 0.4) is 0 Å². The molecule has 5 heteroatoms. The number of thiazole rings is 1. The molecule has 4 aromatic rings. The van der Waals surface area contributed by atoms with Crippen LogP contribution in [0, 0.1) is 0 Å². The SMILES string of the molecule is OB(O)c1ccc2cc(-c3nc4ccccc4s3)ccc2c1. The summed E-state index contributed by atoms with van der Waals surface area (Å²) < 4.78 is 1.18. The molecule has 0 amide bonds. The Kier molecular flexibility index (Phi) is 3.19. The molecule has 0 aliphatic heterocycles. The maximum Gasteiger partial charge on any atom is 0.488 e. The maximum atomic E-state index is 9.24. The van der Waals surface area contributed by atoms with E-state index in [4.69, 9.17) is 0 Å². The van der Waals surface area contributed by atoms with Gasteiger partial charge in [-0.15, -0.1) is 11.3 Å². The van der Waals surface area contributed by atoms with Crippen LogP contribution in [-0.2, 0) is 0 Å². The van der Waals surface area contributed by atoms with Crippen molar-refractivity contribution in [2.45, 2.75) is 0 Å². The Morgan fingerprint density at radius 2 is 1.64 bits per heavy atom. The molecule has 0 unspecified atom stereocenters. The highest BCUT2D eigenvalue weighted by molar-refractivity contribution is 7.21. The number of para-hydroxylation sites is 1. The van der Waals surface area contributed by atoms with Crippen molar-refractivity contribution in [1.82, 2.24) is 4.98 Å². The predicted molar refractivity (Wildman–Crippen MR) is 92.4 cm³/mol. The molecule has 22 heavy (non-hydrogen) atoms. The zero-order valence-corrected chi connectivity index (χ0v) is 12.4. The van der Waals surface area contributed by atoms with Crippen molar-refractivity contribution in [3.05, 3.63) is 60.7 Å². The summed E-state index contributed by atoms with van der Waals surface area (Å²) in [5, 5.41) is 21.5. The summed E-state index contributed by atoms with van der Waals surface area (Å²) in [4.78, 5) is 4.67. The molecule has 2 N–H and O–H groups in total. The molecule has 3 nitrogen and oxygen atoms in total. The number of hydrogen-bond donors (Lipinski definition) is 2. The van der Waals surface area contributed by atoms with E-state index in [1.165, 1.54) is 4.70 Å². The average molecular weight is 305 g/mol. The van der Waals surface area contributed by atoms with E-state index in [1.54, 1.807) is 23.5 Å². The van der Waals surface area contributed by atoms with Crippen LogP contribution in [0.2, 0.25) is 0 Å². The first kappa shape index (κ1) is 13.5. The largest absolute Gasteiger partial charge is 0.488 e. The smallest absolute Gasteiger partial charge is 0.423 e. The molecular formula is C17H12BNO2S. The minimum Gasteiger partial charge on any atom is -0.423 e. The molecule has 106 valence electrons. The molecule has 1 heterocycles. The number of aromatic nitrogens is 1. The van der Waals surface area contributed by atoms with Gasteiger partial charge in [-0.2, -0.15) is 0 Å². The molecule has 0 bridgehead atoms. The minimum absolute atomic E-state index is 0.500. The van der Waals surface area contributed by atoms with Gasteiger partial charge in [0.2, 0.25) is 0 Å². The van der Waals surface area contributed by atoms with E-state index in [0.717, 1.165) is 26.9 Å². The Balaban J connectivity index is 1.83. The topological polar surface area (TPSA) is 53.4 Å². The van der Waals surface area contributed by atoms with Gasteiger partial charge in [0, 0.05) is 5.56 Å². The molecule has 0 aliphatic rings. The second kappa shape index (κ2) is 5.21. The maximum absolute atomic E-state index is 9.24. The van der Waals surface area contributed by atoms with Crippen molar-refractivity contribution in [2.75, 3.05) is 0 Å². The van der Waals surface area contributed by atoms with Crippen LogP contribution < -0.4 is 5.46 Å². The number of nitrogens with zero attached hydrogens (tertiary/aromatic N) is 1. The van der Waals surface area contributed by atoms with Gasteiger partial charge >= 0.3 is 7.12 Å². The lowest BCUT2D eigenvalue weighted by Crippen LogP contribution is -2.29. The van der Waals surface area contributed by atoms with E-state index in [2.05, 4.69) is 17.1 Å². The third-order valence-corrected chi connectivity index (χ3v) is 4.79. The van der Waals surface area contributed by atoms with Gasteiger partial charge in [0.15, 0.2) is 0 Å². The van der Waals surface area contributed by atoms with E-state index in [1.807, 2.05) is 36.4 Å². The fraction of sp³-hybridized carbons (Fsp3) is 0. The summed E-state index contributed by atoms with van der Waals surface area (Å²) in [6.07, 6.45) is 0. The monoisotopic (exact) mass is 305 g/mol. The van der Waals surface area contributed by atoms with Crippen molar-refractivity contribution in [2.24, 2.45) is 0 Å². The third-order valence-electron chi connectivity index (χ3n) is 3.70. The highest BCUT2D eigenvalue weighted by atomic mass is 32.1. The highest BCUT2D eigenvalue weighted by Gasteiger charge is 2.12. The first-order chi connectivity index (χ1) is 10.7. The normalized spacial score (nSPS) is 11.2. The zero-order valence-electron chi connectivity index (χ0n) is 11.6. The lowest BCUT2D eigenvalue weighted by molar-refractivity contribution is 0.426. The fourth-order valence-electron chi connectivity index (χ4n) is 2.55. The Morgan fingerprint density at radius 3 is 2.45 bits per heavy atom. The Labute approximate surface area is 131 Å². The summed E-state index contributed by atoms with van der Waals surface area (Å²) in [6, 6.07) is 19.6. The molecule has 0 saturated heterocycles. The van der Waals surface area contributed by atoms with Crippen LogP contribution in [0.4, 0.5) is 0 Å². The Hall–Kier alpha value is -2.21. The summed E-state index contributed by atoms with van der Waals surface area (Å²) in [6.45, 7) is 0. The van der Waals surface area contributed by atoms with Crippen molar-refractivity contribution < 1.29 is 10.0 Å². The van der Waals surface area contributed by atoms with Crippen LogP contribution in [0.15, 0.2) is 60.7 Å². The molecular weight excluding hydrogens is 293 g/mol. The van der Waals surface area contributed by atoms with Gasteiger partial charge in [-0.1, -0.05) is 42.5 Å². The van der Waals surface area contributed by atoms with E-state index in [-0.39, 0.29) is 0 Å². The fourth-order valence-corrected chi connectivity index (χ4v) is 3.52. The molecule has 0 fully saturated rings. The van der Waals surface area contributed by atoms with Gasteiger partial charge in [-0.3, -0.25) is 0 Å². The van der Waals surface area contributed by atoms with E-state index in [9.17, 15) is 10.0 Å². The van der Waals surface area contributed by atoms with Gasteiger partial charge in [0.25, 0.3) is 0 Å². The number of hydrogen-bond acceptors (Lipinski definition) is 4. The van der Waals surface area contributed by atoms with Gasteiger partial charge in [-0.05, 0) is 34.4 Å². The van der Waals surface area contributed by atoms with Crippen LogP contribution in [0.1, 0.15) is 0 Å². The van der Waals surface area contributed by atoms with Gasteiger partial charge < -0.3 is 10.0 Å². The molecule has 0 atom stereocenters. The summed E-state index contributed by atoms with van der Waals surface area (Å²) in [5.74, 6) is 0. The molecule has 0 saturated carbocycles. The van der Waals surface area contributed by atoms with Crippen molar-refractivity contribution in [3.63, 3.8) is 0 Å². The molecule has 0 radical (unpaired) electrons. The lowest BCUT2D eigenvalue weighted by atomic mass is 9.79. The second-order valence-corrected chi connectivity index (χ2v) is 6.21. The predicted octanol–water partition coefficient (Wildman–Crippen LogP) is 2.80. The van der Waals surface area contributed by atoms with Crippen LogP contribution in [-0.4, -0.2) is 22.2 Å². The molecule has 3 aromatic carbocycles. The van der Waals surface area contributed by atoms with E-state index in [0.29, 0.717) is 5.46 Å². The molecule has 0 aliphatic carbocycles. The second-order valence-electron chi connectivity index (χ2n) is 5.18. The van der Waals surface area contributed by atoms with Crippen LogP contribution >= 0.6 is 11.3 Å². The Bertz CT molecular complexity index is 948. The number of rotatable bonds is 2. The standard InChI is InChI=1S/C17H12BNO2S/c20-18(21)14-8-7-11-9-13(6-5-12(11)10-14)17-19-15-3-1-2-4-16(15)22-17/h1-10,20-21H. The highest BCUT2D eigenvalue weighted by Crippen LogP contribution is 2.31. The van der Waals surface area contributed by atoms with Crippen LogP contribution in [0.25, 0.3) is 31.6 Å².